The van der Waals surface area contributed by atoms with Gasteiger partial charge in [-0.15, -0.1) is 0 Å². The second-order valence-corrected chi connectivity index (χ2v) is 11.8. The quantitative estimate of drug-likeness (QED) is 0.159. The van der Waals surface area contributed by atoms with Gasteiger partial charge in [0.25, 0.3) is 5.56 Å². The van der Waals surface area contributed by atoms with E-state index in [1.54, 1.807) is 49.6 Å². The zero-order chi connectivity index (χ0) is 31.5. The lowest BCUT2D eigenvalue weighted by Gasteiger charge is -2.17. The Kier molecular flexibility index (Phi) is 9.17. The van der Waals surface area contributed by atoms with Crippen LogP contribution in [0.1, 0.15) is 52.4 Å². The highest BCUT2D eigenvalue weighted by atomic mass is 79.9. The Morgan fingerprint density at radius 3 is 2.52 bits per heavy atom. The lowest BCUT2D eigenvalue weighted by Crippen LogP contribution is -2.21. The zero-order valence-corrected chi connectivity index (χ0v) is 26.8. The molecule has 0 saturated carbocycles. The van der Waals surface area contributed by atoms with Crippen LogP contribution in [0, 0.1) is 6.92 Å². The highest BCUT2D eigenvalue weighted by Crippen LogP contribution is 2.35. The van der Waals surface area contributed by atoms with Crippen molar-refractivity contribution in [3.05, 3.63) is 120 Å². The Morgan fingerprint density at radius 1 is 1.11 bits per heavy atom. The van der Waals surface area contributed by atoms with E-state index in [-0.39, 0.29) is 23.6 Å². The highest BCUT2D eigenvalue weighted by molar-refractivity contribution is 9.10. The molecule has 0 bridgehead atoms. The number of rotatable bonds is 9. The fourth-order valence-corrected chi connectivity index (χ4v) is 5.77. The maximum atomic E-state index is 13.9. The molecule has 0 saturated heterocycles. The fourth-order valence-electron chi connectivity index (χ4n) is 4.82. The van der Waals surface area contributed by atoms with Crippen molar-refractivity contribution in [3.8, 4) is 22.9 Å². The van der Waals surface area contributed by atoms with Crippen LogP contribution in [0.4, 0.5) is 0 Å². The third-order valence-electron chi connectivity index (χ3n) is 7.13. The van der Waals surface area contributed by atoms with Gasteiger partial charge >= 0.3 is 5.97 Å². The number of hydrogen-bond acceptors (Lipinski definition) is 6. The van der Waals surface area contributed by atoms with E-state index in [0.29, 0.717) is 37.5 Å². The number of benzene rings is 4. The summed E-state index contributed by atoms with van der Waals surface area (Å²) < 4.78 is 13.7. The SMILES string of the molecule is COc1cc(C)c(-c2nc3ccccc3c(=O)n2N=Cc2cc(Cl)cc(Br)c2OCc2ccc(C(=O)O)cc2)cc1C(C)C. The summed E-state index contributed by atoms with van der Waals surface area (Å²) in [7, 11) is 1.64. The van der Waals surface area contributed by atoms with Gasteiger partial charge < -0.3 is 14.6 Å². The number of para-hydroxylation sites is 1. The molecule has 0 fully saturated rings. The van der Waals surface area contributed by atoms with Crippen molar-refractivity contribution in [1.82, 2.24) is 9.66 Å². The molecule has 5 aromatic rings. The number of halogens is 2. The van der Waals surface area contributed by atoms with Gasteiger partial charge in [-0.25, -0.2) is 9.78 Å². The first-order valence-electron chi connectivity index (χ1n) is 13.8. The summed E-state index contributed by atoms with van der Waals surface area (Å²) in [5.74, 6) is 0.764. The molecule has 0 atom stereocenters. The van der Waals surface area contributed by atoms with Gasteiger partial charge in [-0.1, -0.05) is 49.7 Å². The molecule has 0 radical (unpaired) electrons. The van der Waals surface area contributed by atoms with Crippen LogP contribution in [0.2, 0.25) is 5.02 Å². The maximum Gasteiger partial charge on any atom is 0.335 e. The molecule has 1 aromatic heterocycles. The molecule has 0 aliphatic carbocycles. The van der Waals surface area contributed by atoms with Crippen LogP contribution in [0.5, 0.6) is 11.5 Å². The van der Waals surface area contributed by atoms with Crippen LogP contribution in [0.15, 0.2) is 87.2 Å². The third kappa shape index (κ3) is 6.39. The van der Waals surface area contributed by atoms with Gasteiger partial charge in [0.15, 0.2) is 5.82 Å². The number of carbonyl (C=O) groups is 1. The Morgan fingerprint density at radius 2 is 1.84 bits per heavy atom. The zero-order valence-electron chi connectivity index (χ0n) is 24.5. The molecule has 5 rings (SSSR count). The molecule has 224 valence electrons. The van der Waals surface area contributed by atoms with E-state index in [1.807, 2.05) is 25.1 Å². The number of hydrogen-bond donors (Lipinski definition) is 1. The minimum Gasteiger partial charge on any atom is -0.496 e. The topological polar surface area (TPSA) is 103 Å². The second kappa shape index (κ2) is 13.0. The molecule has 0 unspecified atom stereocenters. The molecule has 0 amide bonds. The second-order valence-electron chi connectivity index (χ2n) is 10.5. The van der Waals surface area contributed by atoms with Gasteiger partial charge in [0.2, 0.25) is 0 Å². The molecule has 0 aliphatic rings. The number of aryl methyl sites for hydroxylation is 1. The van der Waals surface area contributed by atoms with Gasteiger partial charge in [-0.2, -0.15) is 9.78 Å². The van der Waals surface area contributed by atoms with Crippen LogP contribution < -0.4 is 15.0 Å². The monoisotopic (exact) mass is 673 g/mol. The Labute approximate surface area is 267 Å². The van der Waals surface area contributed by atoms with Crippen molar-refractivity contribution in [1.29, 1.82) is 0 Å². The summed E-state index contributed by atoms with van der Waals surface area (Å²) in [6.07, 6.45) is 1.52. The summed E-state index contributed by atoms with van der Waals surface area (Å²) in [6.45, 7) is 6.26. The van der Waals surface area contributed by atoms with Crippen molar-refractivity contribution in [3.63, 3.8) is 0 Å². The van der Waals surface area contributed by atoms with E-state index in [4.69, 9.17) is 26.1 Å². The smallest absolute Gasteiger partial charge is 0.335 e. The number of aromatic nitrogens is 2. The number of methoxy groups -OCH3 is 1. The molecule has 8 nitrogen and oxygen atoms in total. The van der Waals surface area contributed by atoms with E-state index in [0.717, 1.165) is 28.0 Å². The van der Waals surface area contributed by atoms with E-state index in [9.17, 15) is 14.7 Å². The van der Waals surface area contributed by atoms with Crippen molar-refractivity contribution < 1.29 is 19.4 Å². The van der Waals surface area contributed by atoms with Crippen LogP contribution in [0.25, 0.3) is 22.3 Å². The standard InChI is InChI=1S/C34H29BrClN3O5/c1-19(2)26-16-27(20(3)13-30(26)43-4)32-38-29-8-6-5-7-25(29)33(40)39(32)37-17-23-14-24(36)15-28(35)31(23)44-18-21-9-11-22(12-10-21)34(41)42/h5-17,19H,18H2,1-4H3,(H,41,42). The third-order valence-corrected chi connectivity index (χ3v) is 7.93. The van der Waals surface area contributed by atoms with E-state index in [1.165, 1.54) is 23.0 Å². The van der Waals surface area contributed by atoms with Gasteiger partial charge in [0.05, 0.1) is 34.3 Å². The van der Waals surface area contributed by atoms with Crippen LogP contribution in [0.3, 0.4) is 0 Å². The van der Waals surface area contributed by atoms with Crippen LogP contribution in [-0.2, 0) is 6.61 Å². The molecule has 1 N–H and O–H groups in total. The average Bonchev–Trinajstić information content (AvgIpc) is 3.00. The molecule has 10 heteroatoms. The number of fused-ring (bicyclic) bond motifs is 1. The fraction of sp³-hybridized carbons (Fsp3) is 0.176. The minimum atomic E-state index is -1.00. The van der Waals surface area contributed by atoms with Crippen LogP contribution >= 0.6 is 27.5 Å². The summed E-state index contributed by atoms with van der Waals surface area (Å²) in [6, 6.07) is 20.9. The van der Waals surface area contributed by atoms with Gasteiger partial charge in [0, 0.05) is 16.1 Å². The first kappa shape index (κ1) is 31.0. The number of nitrogens with zero attached hydrogens (tertiary/aromatic N) is 3. The predicted molar refractivity (Wildman–Crippen MR) is 177 cm³/mol. The Balaban J connectivity index is 1.62. The van der Waals surface area contributed by atoms with Crippen molar-refractivity contribution in [2.45, 2.75) is 33.3 Å². The molecule has 1 heterocycles. The first-order chi connectivity index (χ1) is 21.1. The minimum absolute atomic E-state index is 0.159. The molecule has 0 aliphatic heterocycles. The van der Waals surface area contributed by atoms with Gasteiger partial charge in [-0.05, 0) is 94.0 Å². The number of aromatic carboxylic acids is 1. The van der Waals surface area contributed by atoms with Crippen molar-refractivity contribution in [2.24, 2.45) is 5.10 Å². The highest BCUT2D eigenvalue weighted by Gasteiger charge is 2.19. The number of ether oxygens (including phenoxy) is 2. The molecule has 4 aromatic carbocycles. The number of carboxylic acid groups (broad SMARTS) is 1. The van der Waals surface area contributed by atoms with Gasteiger partial charge in [0.1, 0.15) is 18.1 Å². The van der Waals surface area contributed by atoms with Crippen LogP contribution in [-0.4, -0.2) is 34.1 Å². The predicted octanol–water partition coefficient (Wildman–Crippen LogP) is 8.08. The van der Waals surface area contributed by atoms with Gasteiger partial charge in [-0.3, -0.25) is 4.79 Å². The average molecular weight is 675 g/mol. The largest absolute Gasteiger partial charge is 0.496 e. The van der Waals surface area contributed by atoms with Crippen molar-refractivity contribution in [2.75, 3.05) is 7.11 Å². The normalized spacial score (nSPS) is 11.4. The summed E-state index contributed by atoms with van der Waals surface area (Å²) in [5.41, 5.74) is 4.32. The van der Waals surface area contributed by atoms with E-state index >= 15 is 0 Å². The van der Waals surface area contributed by atoms with E-state index < -0.39 is 5.97 Å². The molecular formula is C34H29BrClN3O5. The first-order valence-corrected chi connectivity index (χ1v) is 14.9. The molecule has 44 heavy (non-hydrogen) atoms. The lowest BCUT2D eigenvalue weighted by molar-refractivity contribution is 0.0697. The number of carboxylic acids is 1. The Hall–Kier alpha value is -4.47. The molecular weight excluding hydrogens is 646 g/mol. The summed E-state index contributed by atoms with van der Waals surface area (Å²) in [5, 5.41) is 14.7. The lowest BCUT2D eigenvalue weighted by atomic mass is 9.96. The van der Waals surface area contributed by atoms with E-state index in [2.05, 4.69) is 34.9 Å². The summed E-state index contributed by atoms with van der Waals surface area (Å²) in [4.78, 5) is 30.0. The summed E-state index contributed by atoms with van der Waals surface area (Å²) >= 11 is 9.94. The Bertz CT molecular complexity index is 1970. The molecule has 0 spiro atoms. The van der Waals surface area contributed by atoms with Crippen molar-refractivity contribution >= 4 is 50.6 Å². The maximum absolute atomic E-state index is 13.9.